The summed E-state index contributed by atoms with van der Waals surface area (Å²) in [5.41, 5.74) is 2.39. The number of aryl methyl sites for hydroxylation is 1. The molecule has 0 fully saturated rings. The Kier molecular flexibility index (Phi) is 4.63. The highest BCUT2D eigenvalue weighted by Gasteiger charge is 2.24. The Hall–Kier alpha value is -1.58. The second-order valence-corrected chi connectivity index (χ2v) is 5.44. The second-order valence-electron chi connectivity index (χ2n) is 4.60. The lowest BCUT2D eigenvalue weighted by atomic mass is 9.95. The minimum atomic E-state index is -0.956. The van der Waals surface area contributed by atoms with Gasteiger partial charge in [0, 0.05) is 6.20 Å². The van der Waals surface area contributed by atoms with Crippen LogP contribution in [0.4, 0.5) is 0 Å². The number of aromatic nitrogens is 1. The van der Waals surface area contributed by atoms with Crippen LogP contribution < -0.4 is 0 Å². The number of pyridine rings is 1. The molecule has 0 saturated carbocycles. The number of halogens is 2. The van der Waals surface area contributed by atoms with E-state index in [0.717, 1.165) is 11.1 Å². The van der Waals surface area contributed by atoms with Crippen molar-refractivity contribution in [3.63, 3.8) is 0 Å². The summed E-state index contributed by atoms with van der Waals surface area (Å²) in [6.45, 7) is 1.98. The lowest BCUT2D eigenvalue weighted by Gasteiger charge is -2.13. The summed E-state index contributed by atoms with van der Waals surface area (Å²) in [6.07, 6.45) is 1.75. The average Bonchev–Trinajstić information content (AvgIpc) is 2.39. The highest BCUT2D eigenvalue weighted by molar-refractivity contribution is 6.34. The maximum Gasteiger partial charge on any atom is 0.312 e. The van der Waals surface area contributed by atoms with E-state index in [4.69, 9.17) is 23.2 Å². The molecule has 0 bridgehead atoms. The first-order chi connectivity index (χ1) is 9.47. The molecule has 2 aromatic rings. The van der Waals surface area contributed by atoms with Crippen LogP contribution in [-0.2, 0) is 11.2 Å². The maximum atomic E-state index is 11.5. The fourth-order valence-electron chi connectivity index (χ4n) is 1.94. The van der Waals surface area contributed by atoms with Gasteiger partial charge in [-0.25, -0.2) is 0 Å². The first kappa shape index (κ1) is 14.8. The molecule has 0 aliphatic rings. The summed E-state index contributed by atoms with van der Waals surface area (Å²) < 4.78 is 0. The van der Waals surface area contributed by atoms with E-state index >= 15 is 0 Å². The molecule has 3 nitrogen and oxygen atoms in total. The van der Waals surface area contributed by atoms with Gasteiger partial charge in [0.05, 0.1) is 15.7 Å². The van der Waals surface area contributed by atoms with Crippen LogP contribution >= 0.6 is 23.2 Å². The minimum Gasteiger partial charge on any atom is -0.481 e. The Morgan fingerprint density at radius 2 is 1.95 bits per heavy atom. The quantitative estimate of drug-likeness (QED) is 0.924. The smallest absolute Gasteiger partial charge is 0.312 e. The van der Waals surface area contributed by atoms with Gasteiger partial charge in [-0.3, -0.25) is 9.78 Å². The predicted octanol–water partition coefficient (Wildman–Crippen LogP) is 4.11. The Labute approximate surface area is 127 Å². The molecule has 0 aliphatic heterocycles. The first-order valence-electron chi connectivity index (χ1n) is 6.06. The Morgan fingerprint density at radius 1 is 1.30 bits per heavy atom. The molecule has 1 atom stereocenters. The predicted molar refractivity (Wildman–Crippen MR) is 79.5 cm³/mol. The van der Waals surface area contributed by atoms with Crippen molar-refractivity contribution in [2.24, 2.45) is 0 Å². The fourth-order valence-corrected chi connectivity index (χ4v) is 2.45. The number of carboxylic acid groups (broad SMARTS) is 1. The molecule has 1 heterocycles. The van der Waals surface area contributed by atoms with Crippen LogP contribution in [0.2, 0.25) is 10.0 Å². The number of aliphatic carboxylic acids is 1. The van der Waals surface area contributed by atoms with Gasteiger partial charge in [0.15, 0.2) is 0 Å². The number of nitrogens with zero attached hydrogens (tertiary/aromatic N) is 1. The van der Waals surface area contributed by atoms with Crippen LogP contribution in [0.25, 0.3) is 0 Å². The maximum absolute atomic E-state index is 11.5. The molecule has 0 saturated heterocycles. The third-order valence-corrected chi connectivity index (χ3v) is 3.53. The van der Waals surface area contributed by atoms with E-state index in [0.29, 0.717) is 17.1 Å². The first-order valence-corrected chi connectivity index (χ1v) is 6.82. The largest absolute Gasteiger partial charge is 0.481 e. The Morgan fingerprint density at radius 3 is 2.50 bits per heavy atom. The number of hydrogen-bond donors (Lipinski definition) is 1. The summed E-state index contributed by atoms with van der Waals surface area (Å²) in [7, 11) is 0. The van der Waals surface area contributed by atoms with Gasteiger partial charge in [-0.05, 0) is 25.0 Å². The van der Waals surface area contributed by atoms with Gasteiger partial charge >= 0.3 is 5.97 Å². The van der Waals surface area contributed by atoms with Crippen LogP contribution in [0.3, 0.4) is 0 Å². The van der Waals surface area contributed by atoms with E-state index in [9.17, 15) is 9.90 Å². The molecular formula is C15H13Cl2NO2. The molecule has 1 unspecified atom stereocenters. The van der Waals surface area contributed by atoms with Gasteiger partial charge in [-0.15, -0.1) is 0 Å². The van der Waals surface area contributed by atoms with Crippen molar-refractivity contribution in [2.75, 3.05) is 0 Å². The lowest BCUT2D eigenvalue weighted by molar-refractivity contribution is -0.138. The van der Waals surface area contributed by atoms with Crippen LogP contribution in [-0.4, -0.2) is 16.1 Å². The van der Waals surface area contributed by atoms with Crippen molar-refractivity contribution in [1.82, 2.24) is 4.98 Å². The molecule has 5 heteroatoms. The Balaban J connectivity index is 2.31. The molecule has 1 N–H and O–H groups in total. The van der Waals surface area contributed by atoms with E-state index in [-0.39, 0.29) is 5.02 Å². The lowest BCUT2D eigenvalue weighted by Crippen LogP contribution is -2.16. The SMILES string of the molecule is Cc1ccc(CC(C(=O)O)c2ncc(Cl)cc2Cl)cc1. The van der Waals surface area contributed by atoms with E-state index in [1.54, 1.807) is 0 Å². The third kappa shape index (κ3) is 3.50. The molecular weight excluding hydrogens is 297 g/mol. The summed E-state index contributed by atoms with van der Waals surface area (Å²) >= 11 is 11.8. The zero-order valence-electron chi connectivity index (χ0n) is 10.8. The van der Waals surface area contributed by atoms with Crippen molar-refractivity contribution in [3.8, 4) is 0 Å². The van der Waals surface area contributed by atoms with Crippen molar-refractivity contribution in [1.29, 1.82) is 0 Å². The number of rotatable bonds is 4. The van der Waals surface area contributed by atoms with Crippen LogP contribution in [0.1, 0.15) is 22.7 Å². The number of benzene rings is 1. The molecule has 0 aliphatic carbocycles. The van der Waals surface area contributed by atoms with E-state index < -0.39 is 11.9 Å². The molecule has 0 radical (unpaired) electrons. The summed E-state index contributed by atoms with van der Waals surface area (Å²) in [5.74, 6) is -1.75. The molecule has 20 heavy (non-hydrogen) atoms. The van der Waals surface area contributed by atoms with Gasteiger partial charge in [0.2, 0.25) is 0 Å². The van der Waals surface area contributed by atoms with Gasteiger partial charge in [0.25, 0.3) is 0 Å². The fraction of sp³-hybridized carbons (Fsp3) is 0.200. The van der Waals surface area contributed by atoms with Crippen molar-refractivity contribution < 1.29 is 9.90 Å². The molecule has 0 amide bonds. The number of hydrogen-bond acceptors (Lipinski definition) is 2. The summed E-state index contributed by atoms with van der Waals surface area (Å²) in [4.78, 5) is 15.5. The van der Waals surface area contributed by atoms with Crippen molar-refractivity contribution in [2.45, 2.75) is 19.3 Å². The average molecular weight is 310 g/mol. The third-order valence-electron chi connectivity index (χ3n) is 3.02. The minimum absolute atomic E-state index is 0.275. The van der Waals surface area contributed by atoms with Gasteiger partial charge in [-0.2, -0.15) is 0 Å². The zero-order chi connectivity index (χ0) is 14.7. The number of carbonyl (C=O) groups is 1. The standard InChI is InChI=1S/C15H13Cl2NO2/c1-9-2-4-10(5-3-9)6-12(15(19)20)14-13(17)7-11(16)8-18-14/h2-5,7-8,12H,6H2,1H3,(H,19,20). The highest BCUT2D eigenvalue weighted by atomic mass is 35.5. The molecule has 0 spiro atoms. The molecule has 104 valence electrons. The highest BCUT2D eigenvalue weighted by Crippen LogP contribution is 2.28. The van der Waals surface area contributed by atoms with E-state index in [1.807, 2.05) is 31.2 Å². The normalized spacial score (nSPS) is 12.2. The summed E-state index contributed by atoms with van der Waals surface area (Å²) in [5, 5.41) is 10.1. The van der Waals surface area contributed by atoms with Crippen molar-refractivity contribution in [3.05, 3.63) is 63.4 Å². The number of carboxylic acids is 1. The van der Waals surface area contributed by atoms with Gasteiger partial charge in [0.1, 0.15) is 5.92 Å². The second kappa shape index (κ2) is 6.25. The van der Waals surface area contributed by atoms with E-state index in [1.165, 1.54) is 12.3 Å². The zero-order valence-corrected chi connectivity index (χ0v) is 12.3. The van der Waals surface area contributed by atoms with E-state index in [2.05, 4.69) is 4.98 Å². The topological polar surface area (TPSA) is 50.2 Å². The van der Waals surface area contributed by atoms with Gasteiger partial charge < -0.3 is 5.11 Å². The van der Waals surface area contributed by atoms with Crippen LogP contribution in [0.5, 0.6) is 0 Å². The molecule has 1 aromatic heterocycles. The molecule has 2 rings (SSSR count). The Bertz CT molecular complexity index is 626. The van der Waals surface area contributed by atoms with Crippen molar-refractivity contribution >= 4 is 29.2 Å². The van der Waals surface area contributed by atoms with Crippen LogP contribution in [0, 0.1) is 6.92 Å². The van der Waals surface area contributed by atoms with Gasteiger partial charge in [-0.1, -0.05) is 53.0 Å². The molecule has 1 aromatic carbocycles. The monoisotopic (exact) mass is 309 g/mol. The van der Waals surface area contributed by atoms with Crippen LogP contribution in [0.15, 0.2) is 36.5 Å². The summed E-state index contributed by atoms with van der Waals surface area (Å²) in [6, 6.07) is 9.23.